The third kappa shape index (κ3) is 5.11. The van der Waals surface area contributed by atoms with Gasteiger partial charge in [-0.2, -0.15) is 0 Å². The van der Waals surface area contributed by atoms with Crippen LogP contribution in [0.25, 0.3) is 0 Å². The van der Waals surface area contributed by atoms with Crippen LogP contribution in [0.5, 0.6) is 0 Å². The maximum atomic E-state index is 14.2. The van der Waals surface area contributed by atoms with Crippen LogP contribution >= 0.6 is 11.3 Å². The van der Waals surface area contributed by atoms with E-state index in [2.05, 4.69) is 17.6 Å². The monoisotopic (exact) mass is 561 g/mol. The van der Waals surface area contributed by atoms with E-state index in [4.69, 9.17) is 4.98 Å². The first-order valence-electron chi connectivity index (χ1n) is 13.9. The van der Waals surface area contributed by atoms with Crippen LogP contribution in [0, 0.1) is 28.4 Å². The Labute approximate surface area is 231 Å². The Balaban J connectivity index is 1.48. The summed E-state index contributed by atoms with van der Waals surface area (Å²) in [6, 6.07) is 3.41. The molecule has 0 bridgehead atoms. The highest BCUT2D eigenvalue weighted by atomic mass is 32.1. The summed E-state index contributed by atoms with van der Waals surface area (Å²) in [6.45, 7) is 3.82. The van der Waals surface area contributed by atoms with E-state index in [0.29, 0.717) is 25.0 Å². The molecule has 4 N–H and O–H groups in total. The Morgan fingerprint density at radius 1 is 1.13 bits per heavy atom. The molecule has 1 heterocycles. The number of aromatic nitrogens is 1. The van der Waals surface area contributed by atoms with Gasteiger partial charge in [0, 0.05) is 28.7 Å². The fraction of sp³-hybridized carbons (Fsp3) is 0.621. The number of carbonyl (C=O) groups excluding carboxylic acids is 2. The highest BCUT2D eigenvalue weighted by Gasteiger charge is 2.59. The van der Waals surface area contributed by atoms with Gasteiger partial charge in [-0.25, -0.2) is 13.8 Å². The highest BCUT2D eigenvalue weighted by Crippen LogP contribution is 2.62. The summed E-state index contributed by atoms with van der Waals surface area (Å²) in [5.41, 5.74) is -1.17. The molecule has 1 aromatic carbocycles. The van der Waals surface area contributed by atoms with E-state index < -0.39 is 40.0 Å². The van der Waals surface area contributed by atoms with E-state index in [0.717, 1.165) is 42.7 Å². The number of amides is 2. The van der Waals surface area contributed by atoms with E-state index in [1.54, 1.807) is 0 Å². The van der Waals surface area contributed by atoms with Crippen LogP contribution in [0.15, 0.2) is 18.2 Å². The van der Waals surface area contributed by atoms with Crippen LogP contribution in [-0.2, 0) is 11.2 Å². The first kappa shape index (κ1) is 28.1. The zero-order valence-corrected chi connectivity index (χ0v) is 23.3. The first-order valence-corrected chi connectivity index (χ1v) is 14.7. The fourth-order valence-corrected chi connectivity index (χ4v) is 8.36. The summed E-state index contributed by atoms with van der Waals surface area (Å²) in [5, 5.41) is 27.3. The van der Waals surface area contributed by atoms with Crippen LogP contribution in [0.3, 0.4) is 0 Å². The molecule has 0 radical (unpaired) electrons. The van der Waals surface area contributed by atoms with Crippen LogP contribution < -0.4 is 10.6 Å². The first-order chi connectivity index (χ1) is 18.6. The van der Waals surface area contributed by atoms with Crippen LogP contribution in [0.2, 0.25) is 0 Å². The highest BCUT2D eigenvalue weighted by molar-refractivity contribution is 7.15. The molecule has 2 fully saturated rings. The smallest absolute Gasteiger partial charge is 0.263 e. The maximum Gasteiger partial charge on any atom is 0.263 e. The van der Waals surface area contributed by atoms with Gasteiger partial charge in [0.25, 0.3) is 5.91 Å². The molecule has 3 aliphatic carbocycles. The van der Waals surface area contributed by atoms with Crippen molar-refractivity contribution in [1.82, 2.24) is 10.3 Å². The Bertz CT molecular complexity index is 1230. The topological polar surface area (TPSA) is 112 Å². The lowest BCUT2D eigenvalue weighted by Crippen LogP contribution is -2.57. The number of rotatable bonds is 6. The molecule has 5 atom stereocenters. The van der Waals surface area contributed by atoms with Crippen LogP contribution in [0.4, 0.5) is 13.9 Å². The lowest BCUT2D eigenvalue weighted by atomic mass is 9.47. The minimum Gasteiger partial charge on any atom is -0.396 e. The van der Waals surface area contributed by atoms with Gasteiger partial charge in [-0.05, 0) is 55.6 Å². The van der Waals surface area contributed by atoms with Crippen LogP contribution in [-0.4, -0.2) is 45.8 Å². The quantitative estimate of drug-likeness (QED) is 0.400. The zero-order valence-electron chi connectivity index (χ0n) is 22.4. The van der Waals surface area contributed by atoms with Crippen molar-refractivity contribution in [1.29, 1.82) is 0 Å². The van der Waals surface area contributed by atoms with Crippen molar-refractivity contribution >= 4 is 28.3 Å². The van der Waals surface area contributed by atoms with Gasteiger partial charge in [-0.1, -0.05) is 39.2 Å². The third-order valence-electron chi connectivity index (χ3n) is 9.66. The lowest BCUT2D eigenvalue weighted by Gasteiger charge is -2.58. The second kappa shape index (κ2) is 10.9. The van der Waals surface area contributed by atoms with Crippen molar-refractivity contribution in [3.8, 4) is 0 Å². The molecule has 7 nitrogen and oxygen atoms in total. The van der Waals surface area contributed by atoms with Crippen molar-refractivity contribution in [2.75, 3.05) is 11.9 Å². The summed E-state index contributed by atoms with van der Waals surface area (Å²) in [4.78, 5) is 31.7. The summed E-state index contributed by atoms with van der Waals surface area (Å²) in [7, 11) is 0. The van der Waals surface area contributed by atoms with Crippen molar-refractivity contribution in [2.45, 2.75) is 89.7 Å². The second-order valence-electron chi connectivity index (χ2n) is 12.0. The van der Waals surface area contributed by atoms with Gasteiger partial charge in [-0.15, -0.1) is 11.3 Å². The molecule has 0 aliphatic heterocycles. The number of nitrogens with one attached hydrogen (secondary N) is 2. The summed E-state index contributed by atoms with van der Waals surface area (Å²) in [5.74, 6) is -3.34. The molecule has 0 spiro atoms. The number of hydrogen-bond acceptors (Lipinski definition) is 6. The Hall–Kier alpha value is -2.43. The SMILES string of the molecule is C[C@]1(CO)[C@H]2Cc3sc(NC(=O)c4c(F)cccc4F)nc3[C@@H](CC(=O)NC3CCCCC3)[C@]2(C)CC[C@H]1O. The summed E-state index contributed by atoms with van der Waals surface area (Å²) in [6.07, 6.45) is 6.52. The Morgan fingerprint density at radius 3 is 2.49 bits per heavy atom. The van der Waals surface area contributed by atoms with Gasteiger partial charge in [0.15, 0.2) is 5.13 Å². The summed E-state index contributed by atoms with van der Waals surface area (Å²) < 4.78 is 28.5. The molecule has 39 heavy (non-hydrogen) atoms. The molecule has 212 valence electrons. The van der Waals surface area contributed by atoms with Crippen molar-refractivity contribution in [3.63, 3.8) is 0 Å². The molecule has 5 rings (SSSR count). The van der Waals surface area contributed by atoms with Gasteiger partial charge in [-0.3, -0.25) is 14.9 Å². The number of halogens is 2. The number of carbonyl (C=O) groups is 2. The predicted molar refractivity (Wildman–Crippen MR) is 145 cm³/mol. The predicted octanol–water partition coefficient (Wildman–Crippen LogP) is 4.93. The van der Waals surface area contributed by atoms with E-state index >= 15 is 0 Å². The maximum absolute atomic E-state index is 14.2. The average molecular weight is 562 g/mol. The zero-order chi connectivity index (χ0) is 27.9. The molecule has 2 saturated carbocycles. The number of aliphatic hydroxyl groups excluding tert-OH is 2. The molecule has 0 unspecified atom stereocenters. The normalized spacial score (nSPS) is 30.8. The third-order valence-corrected chi connectivity index (χ3v) is 10.7. The molecular weight excluding hydrogens is 524 g/mol. The molecule has 2 amide bonds. The molecule has 3 aliphatic rings. The van der Waals surface area contributed by atoms with E-state index in [-0.39, 0.29) is 41.9 Å². The van der Waals surface area contributed by atoms with Gasteiger partial charge < -0.3 is 15.5 Å². The Morgan fingerprint density at radius 2 is 1.82 bits per heavy atom. The second-order valence-corrected chi connectivity index (χ2v) is 13.1. The number of hydrogen-bond donors (Lipinski definition) is 4. The van der Waals surface area contributed by atoms with E-state index in [1.807, 2.05) is 6.92 Å². The standard InChI is InChI=1S/C29H37F2N3O4S/c1-28-12-11-22(36)29(2,15-35)21(28)14-20-25(17(28)13-23(37)32-16-7-4-3-5-8-16)33-27(39-20)34-26(38)24-18(30)9-6-10-19(24)31/h6,9-10,16-17,21-22,35-36H,3-5,7-8,11-15H2,1-2H3,(H,32,37)(H,33,34,38)/t17-,21+,22-,28+,29+/m1/s1. The van der Waals surface area contributed by atoms with E-state index in [1.165, 1.54) is 23.8 Å². The number of fused-ring (bicyclic) bond motifs is 2. The summed E-state index contributed by atoms with van der Waals surface area (Å²) >= 11 is 1.22. The minimum atomic E-state index is -0.961. The van der Waals surface area contributed by atoms with E-state index in [9.17, 15) is 28.6 Å². The number of thiazole rings is 1. The van der Waals surface area contributed by atoms with Gasteiger partial charge >= 0.3 is 0 Å². The molecule has 2 aromatic rings. The van der Waals surface area contributed by atoms with Crippen molar-refractivity contribution in [3.05, 3.63) is 46.0 Å². The molecule has 0 saturated heterocycles. The number of nitrogens with zero attached hydrogens (tertiary/aromatic N) is 1. The fourth-order valence-electron chi connectivity index (χ4n) is 7.29. The Kier molecular flexibility index (Phi) is 7.83. The number of aliphatic hydroxyl groups is 2. The van der Waals surface area contributed by atoms with Crippen molar-refractivity contribution < 1.29 is 28.6 Å². The van der Waals surface area contributed by atoms with Gasteiger partial charge in [0.1, 0.15) is 17.2 Å². The molecular formula is C29H37F2N3O4S. The number of benzene rings is 1. The van der Waals surface area contributed by atoms with Gasteiger partial charge in [0.2, 0.25) is 5.91 Å². The molecule has 1 aromatic heterocycles. The van der Waals surface area contributed by atoms with Gasteiger partial charge in [0.05, 0.1) is 18.4 Å². The average Bonchev–Trinajstić information content (AvgIpc) is 3.30. The molecule has 10 heteroatoms. The van der Waals surface area contributed by atoms with Crippen LogP contribution in [0.1, 0.15) is 92.1 Å². The minimum absolute atomic E-state index is 0.0523. The van der Waals surface area contributed by atoms with Crippen molar-refractivity contribution in [2.24, 2.45) is 16.7 Å². The largest absolute Gasteiger partial charge is 0.396 e. The lowest BCUT2D eigenvalue weighted by molar-refractivity contribution is -0.144. The number of anilines is 1.